The lowest BCUT2D eigenvalue weighted by Crippen LogP contribution is -2.52. The van der Waals surface area contributed by atoms with Gasteiger partial charge >= 0.3 is 0 Å². The standard InChI is InChI=1S/C19H30N4O2S/c1-3-15(2)20-18(24)13-21-7-9-22(10-8-21)14-19(25)23-6-4-17-16(12-23)5-11-26-17/h5,11,15H,3-4,6-10,12-14H2,1-2H3,(H,20,24). The summed E-state index contributed by atoms with van der Waals surface area (Å²) in [6.45, 7) is 10.0. The van der Waals surface area contributed by atoms with Crippen molar-refractivity contribution in [3.8, 4) is 0 Å². The molecule has 1 N–H and O–H groups in total. The highest BCUT2D eigenvalue weighted by molar-refractivity contribution is 7.10. The molecular weight excluding hydrogens is 348 g/mol. The van der Waals surface area contributed by atoms with Gasteiger partial charge in [-0.1, -0.05) is 6.92 Å². The van der Waals surface area contributed by atoms with Crippen LogP contribution in [0.4, 0.5) is 0 Å². The molecule has 144 valence electrons. The van der Waals surface area contributed by atoms with Crippen molar-refractivity contribution in [2.45, 2.75) is 39.3 Å². The maximum absolute atomic E-state index is 12.6. The third kappa shape index (κ3) is 5.05. The second-order valence-electron chi connectivity index (χ2n) is 7.36. The molecule has 26 heavy (non-hydrogen) atoms. The van der Waals surface area contributed by atoms with Crippen LogP contribution in [0.2, 0.25) is 0 Å². The highest BCUT2D eigenvalue weighted by atomic mass is 32.1. The molecule has 1 aromatic rings. The molecule has 0 aliphatic carbocycles. The van der Waals surface area contributed by atoms with E-state index in [4.69, 9.17) is 0 Å². The van der Waals surface area contributed by atoms with E-state index in [-0.39, 0.29) is 17.9 Å². The lowest BCUT2D eigenvalue weighted by molar-refractivity contribution is -0.134. The number of hydrogen-bond donors (Lipinski definition) is 1. The molecule has 6 nitrogen and oxygen atoms in total. The first-order chi connectivity index (χ1) is 12.5. The molecule has 3 heterocycles. The lowest BCUT2D eigenvalue weighted by atomic mass is 10.1. The predicted molar refractivity (Wildman–Crippen MR) is 104 cm³/mol. The minimum absolute atomic E-state index is 0.101. The van der Waals surface area contributed by atoms with Crippen LogP contribution in [0, 0.1) is 0 Å². The highest BCUT2D eigenvalue weighted by Gasteiger charge is 2.25. The smallest absolute Gasteiger partial charge is 0.237 e. The molecular formula is C19H30N4O2S. The van der Waals surface area contributed by atoms with Gasteiger partial charge in [-0.15, -0.1) is 11.3 Å². The number of fused-ring (bicyclic) bond motifs is 1. The van der Waals surface area contributed by atoms with Gasteiger partial charge in [0, 0.05) is 50.2 Å². The summed E-state index contributed by atoms with van der Waals surface area (Å²) >= 11 is 1.80. The van der Waals surface area contributed by atoms with Gasteiger partial charge in [-0.05, 0) is 36.8 Å². The first kappa shape index (κ1) is 19.3. The number of rotatable bonds is 6. The fourth-order valence-corrected chi connectivity index (χ4v) is 4.37. The van der Waals surface area contributed by atoms with E-state index in [0.29, 0.717) is 13.1 Å². The summed E-state index contributed by atoms with van der Waals surface area (Å²) in [5.41, 5.74) is 1.31. The summed E-state index contributed by atoms with van der Waals surface area (Å²) in [5.74, 6) is 0.327. The molecule has 2 aliphatic heterocycles. The number of nitrogens with one attached hydrogen (secondary N) is 1. The van der Waals surface area contributed by atoms with Gasteiger partial charge in [0.15, 0.2) is 0 Å². The maximum atomic E-state index is 12.6. The minimum atomic E-state index is 0.101. The first-order valence-electron chi connectivity index (χ1n) is 9.62. The molecule has 3 rings (SSSR count). The Balaban J connectivity index is 1.39. The van der Waals surface area contributed by atoms with Crippen LogP contribution in [-0.2, 0) is 22.6 Å². The van der Waals surface area contributed by atoms with E-state index in [2.05, 4.69) is 33.5 Å². The van der Waals surface area contributed by atoms with E-state index in [9.17, 15) is 9.59 Å². The van der Waals surface area contributed by atoms with Crippen molar-refractivity contribution < 1.29 is 9.59 Å². The molecule has 1 unspecified atom stereocenters. The fraction of sp³-hybridized carbons (Fsp3) is 0.684. The topological polar surface area (TPSA) is 55.9 Å². The zero-order valence-electron chi connectivity index (χ0n) is 15.9. The molecule has 0 spiro atoms. The average molecular weight is 379 g/mol. The Morgan fingerprint density at radius 2 is 1.85 bits per heavy atom. The van der Waals surface area contributed by atoms with Crippen LogP contribution in [-0.4, -0.2) is 78.4 Å². The predicted octanol–water partition coefficient (Wildman–Crippen LogP) is 1.17. The molecule has 2 aliphatic rings. The van der Waals surface area contributed by atoms with Crippen molar-refractivity contribution in [1.29, 1.82) is 0 Å². The van der Waals surface area contributed by atoms with Gasteiger partial charge in [0.1, 0.15) is 0 Å². The number of nitrogens with zero attached hydrogens (tertiary/aromatic N) is 3. The van der Waals surface area contributed by atoms with Crippen molar-refractivity contribution in [3.05, 3.63) is 21.9 Å². The number of carbonyl (C=O) groups is 2. The van der Waals surface area contributed by atoms with Crippen molar-refractivity contribution in [2.24, 2.45) is 0 Å². The monoisotopic (exact) mass is 378 g/mol. The summed E-state index contributed by atoms with van der Waals surface area (Å²) < 4.78 is 0. The molecule has 0 aromatic carbocycles. The Bertz CT molecular complexity index is 625. The van der Waals surface area contributed by atoms with E-state index in [1.807, 2.05) is 11.8 Å². The maximum Gasteiger partial charge on any atom is 0.237 e. The van der Waals surface area contributed by atoms with E-state index in [1.165, 1.54) is 10.4 Å². The van der Waals surface area contributed by atoms with Crippen LogP contribution in [0.25, 0.3) is 0 Å². The number of piperazine rings is 1. The van der Waals surface area contributed by atoms with Crippen LogP contribution in [0.15, 0.2) is 11.4 Å². The Morgan fingerprint density at radius 3 is 2.54 bits per heavy atom. The summed E-state index contributed by atoms with van der Waals surface area (Å²) in [7, 11) is 0. The first-order valence-corrected chi connectivity index (χ1v) is 10.5. The molecule has 0 saturated carbocycles. The van der Waals surface area contributed by atoms with E-state index >= 15 is 0 Å². The van der Waals surface area contributed by atoms with E-state index in [1.54, 1.807) is 11.3 Å². The van der Waals surface area contributed by atoms with Gasteiger partial charge < -0.3 is 10.2 Å². The second kappa shape index (κ2) is 8.97. The van der Waals surface area contributed by atoms with Crippen molar-refractivity contribution in [2.75, 3.05) is 45.8 Å². The van der Waals surface area contributed by atoms with Gasteiger partial charge in [0.2, 0.25) is 11.8 Å². The van der Waals surface area contributed by atoms with Gasteiger partial charge in [0.25, 0.3) is 0 Å². The van der Waals surface area contributed by atoms with Gasteiger partial charge in [-0.2, -0.15) is 0 Å². The van der Waals surface area contributed by atoms with Crippen LogP contribution in [0.5, 0.6) is 0 Å². The number of hydrogen-bond acceptors (Lipinski definition) is 5. The van der Waals surface area contributed by atoms with Gasteiger partial charge in [0.05, 0.1) is 13.1 Å². The van der Waals surface area contributed by atoms with Gasteiger partial charge in [-0.3, -0.25) is 19.4 Å². The molecule has 1 fully saturated rings. The summed E-state index contributed by atoms with van der Waals surface area (Å²) in [4.78, 5) is 32.4. The van der Waals surface area contributed by atoms with Crippen LogP contribution in [0.1, 0.15) is 30.7 Å². The van der Waals surface area contributed by atoms with Crippen molar-refractivity contribution >= 4 is 23.2 Å². The van der Waals surface area contributed by atoms with Crippen molar-refractivity contribution in [1.82, 2.24) is 20.0 Å². The van der Waals surface area contributed by atoms with Crippen LogP contribution in [0.3, 0.4) is 0 Å². The number of carbonyl (C=O) groups excluding carboxylic acids is 2. The second-order valence-corrected chi connectivity index (χ2v) is 8.36. The summed E-state index contributed by atoms with van der Waals surface area (Å²) in [6, 6.07) is 2.37. The van der Waals surface area contributed by atoms with E-state index < -0.39 is 0 Å². The van der Waals surface area contributed by atoms with Crippen LogP contribution < -0.4 is 5.32 Å². The zero-order valence-corrected chi connectivity index (χ0v) is 16.7. The molecule has 1 atom stereocenters. The molecule has 1 saturated heterocycles. The van der Waals surface area contributed by atoms with Crippen LogP contribution >= 0.6 is 11.3 Å². The molecule has 7 heteroatoms. The van der Waals surface area contributed by atoms with Gasteiger partial charge in [-0.25, -0.2) is 0 Å². The Hall–Kier alpha value is -1.44. The summed E-state index contributed by atoms with van der Waals surface area (Å²) in [5, 5.41) is 5.14. The van der Waals surface area contributed by atoms with Crippen molar-refractivity contribution in [3.63, 3.8) is 0 Å². The SMILES string of the molecule is CCC(C)NC(=O)CN1CCN(CC(=O)N2CCc3sccc3C2)CC1. The van der Waals surface area contributed by atoms with E-state index in [0.717, 1.165) is 52.1 Å². The number of amides is 2. The Morgan fingerprint density at radius 1 is 1.15 bits per heavy atom. The Kier molecular flexibility index (Phi) is 6.67. The summed E-state index contributed by atoms with van der Waals surface area (Å²) in [6.07, 6.45) is 1.93. The quantitative estimate of drug-likeness (QED) is 0.807. The Labute approximate surface area is 160 Å². The third-order valence-electron chi connectivity index (χ3n) is 5.37. The average Bonchev–Trinajstić information content (AvgIpc) is 3.10. The molecule has 0 bridgehead atoms. The molecule has 1 aromatic heterocycles. The highest BCUT2D eigenvalue weighted by Crippen LogP contribution is 2.24. The fourth-order valence-electron chi connectivity index (χ4n) is 3.48. The third-order valence-corrected chi connectivity index (χ3v) is 6.39. The normalized spacial score (nSPS) is 19.8. The zero-order chi connectivity index (χ0) is 18.5. The largest absolute Gasteiger partial charge is 0.353 e. The molecule has 0 radical (unpaired) electrons. The number of thiophene rings is 1. The minimum Gasteiger partial charge on any atom is -0.353 e. The lowest BCUT2D eigenvalue weighted by Gasteiger charge is -2.35. The molecule has 2 amide bonds.